The Labute approximate surface area is 103 Å². The molecule has 0 fully saturated rings. The van der Waals surface area contributed by atoms with E-state index in [0.29, 0.717) is 4.47 Å². The molecule has 0 bridgehead atoms. The van der Waals surface area contributed by atoms with Crippen LogP contribution >= 0.6 is 27.3 Å². The highest BCUT2D eigenvalue weighted by Gasteiger charge is 2.34. The Morgan fingerprint density at radius 3 is 2.75 bits per heavy atom. The van der Waals surface area contributed by atoms with Gasteiger partial charge in [0.1, 0.15) is 13.2 Å². The first-order valence-corrected chi connectivity index (χ1v) is 5.87. The Balaban J connectivity index is 2.66. The molecule has 0 spiro atoms. The molecule has 0 saturated carbocycles. The fourth-order valence-electron chi connectivity index (χ4n) is 0.978. The Morgan fingerprint density at radius 2 is 2.31 bits per heavy atom. The van der Waals surface area contributed by atoms with Crippen LogP contribution in [0.1, 0.15) is 9.75 Å². The number of carboxylic acid groups (broad SMARTS) is 1. The van der Waals surface area contributed by atoms with Gasteiger partial charge in [-0.2, -0.15) is 8.78 Å². The van der Waals surface area contributed by atoms with E-state index in [-0.39, 0.29) is 4.88 Å². The molecule has 7 heteroatoms. The second-order valence-corrected chi connectivity index (χ2v) is 5.22. The van der Waals surface area contributed by atoms with Gasteiger partial charge in [-0.05, 0) is 28.9 Å². The Kier molecular flexibility index (Phi) is 4.40. The molecule has 0 aliphatic rings. The normalized spacial score (nSPS) is 11.8. The number of alkyl halides is 2. The van der Waals surface area contributed by atoms with E-state index in [2.05, 4.69) is 20.7 Å². The third kappa shape index (κ3) is 3.50. The summed E-state index contributed by atoms with van der Waals surface area (Å²) in [5, 5.41) is 8.25. The maximum absolute atomic E-state index is 13.5. The number of aliphatic carboxylic acids is 1. The molecule has 1 N–H and O–H groups in total. The molecular weight excluding hydrogens is 306 g/mol. The highest BCUT2D eigenvalue weighted by atomic mass is 79.9. The van der Waals surface area contributed by atoms with Crippen molar-refractivity contribution in [2.75, 3.05) is 13.2 Å². The molecule has 0 aliphatic heterocycles. The van der Waals surface area contributed by atoms with Gasteiger partial charge in [0.2, 0.25) is 0 Å². The summed E-state index contributed by atoms with van der Waals surface area (Å²) in [5.74, 6) is -4.42. The van der Waals surface area contributed by atoms with Gasteiger partial charge in [0.05, 0.1) is 4.88 Å². The van der Waals surface area contributed by atoms with Gasteiger partial charge in [0.15, 0.2) is 0 Å². The highest BCUT2D eigenvalue weighted by molar-refractivity contribution is 9.10. The zero-order valence-electron chi connectivity index (χ0n) is 8.30. The topological polar surface area (TPSA) is 46.5 Å². The summed E-state index contributed by atoms with van der Waals surface area (Å²) in [6.07, 6.45) is 0. The van der Waals surface area contributed by atoms with E-state index in [1.165, 1.54) is 6.07 Å². The molecule has 0 unspecified atom stereocenters. The first-order chi connectivity index (χ1) is 7.33. The first-order valence-electron chi connectivity index (χ1n) is 4.26. The second-order valence-electron chi connectivity index (χ2n) is 3.11. The number of halogens is 3. The van der Waals surface area contributed by atoms with Crippen molar-refractivity contribution in [1.29, 1.82) is 0 Å². The molecule has 1 heterocycles. The van der Waals surface area contributed by atoms with E-state index in [0.717, 1.165) is 16.2 Å². The zero-order valence-corrected chi connectivity index (χ0v) is 10.7. The van der Waals surface area contributed by atoms with Crippen LogP contribution in [0.4, 0.5) is 8.78 Å². The largest absolute Gasteiger partial charge is 0.480 e. The lowest BCUT2D eigenvalue weighted by Crippen LogP contribution is -2.22. The van der Waals surface area contributed by atoms with Gasteiger partial charge in [0.25, 0.3) is 0 Å². The van der Waals surface area contributed by atoms with E-state index in [1.807, 2.05) is 0 Å². The van der Waals surface area contributed by atoms with E-state index in [1.54, 1.807) is 6.92 Å². The molecule has 0 saturated heterocycles. The Hall–Kier alpha value is -0.530. The summed E-state index contributed by atoms with van der Waals surface area (Å²) in [6, 6.07) is 1.32. The minimum absolute atomic E-state index is 0.137. The van der Waals surface area contributed by atoms with Crippen LogP contribution in [0.5, 0.6) is 0 Å². The molecule has 0 amide bonds. The van der Waals surface area contributed by atoms with Gasteiger partial charge < -0.3 is 9.84 Å². The molecule has 1 aromatic rings. The number of hydrogen-bond acceptors (Lipinski definition) is 3. The van der Waals surface area contributed by atoms with Crippen molar-refractivity contribution < 1.29 is 23.4 Å². The van der Waals surface area contributed by atoms with Gasteiger partial charge >= 0.3 is 11.9 Å². The fraction of sp³-hybridized carbons (Fsp3) is 0.444. The third-order valence-corrected chi connectivity index (χ3v) is 3.98. The molecule has 0 radical (unpaired) electrons. The molecule has 1 aromatic heterocycles. The van der Waals surface area contributed by atoms with E-state index in [9.17, 15) is 13.6 Å². The van der Waals surface area contributed by atoms with Crippen molar-refractivity contribution in [2.24, 2.45) is 0 Å². The number of aryl methyl sites for hydroxylation is 1. The van der Waals surface area contributed by atoms with Crippen molar-refractivity contribution >= 4 is 33.2 Å². The quantitative estimate of drug-likeness (QED) is 0.908. The smallest absolute Gasteiger partial charge is 0.329 e. The predicted octanol–water partition coefficient (Wildman–Crippen LogP) is 3.01. The molecule has 90 valence electrons. The number of hydrogen-bond donors (Lipinski definition) is 1. The Morgan fingerprint density at radius 1 is 1.69 bits per heavy atom. The summed E-state index contributed by atoms with van der Waals surface area (Å²) in [5.41, 5.74) is 0. The monoisotopic (exact) mass is 314 g/mol. The summed E-state index contributed by atoms with van der Waals surface area (Å²) in [4.78, 5) is 10.7. The minimum atomic E-state index is -3.16. The molecule has 0 atom stereocenters. The van der Waals surface area contributed by atoms with E-state index in [4.69, 9.17) is 5.11 Å². The fourth-order valence-corrected chi connectivity index (χ4v) is 2.47. The predicted molar refractivity (Wildman–Crippen MR) is 59.1 cm³/mol. The third-order valence-electron chi connectivity index (χ3n) is 1.73. The number of carboxylic acids is 1. The molecule has 3 nitrogen and oxygen atoms in total. The summed E-state index contributed by atoms with van der Waals surface area (Å²) in [7, 11) is 0. The van der Waals surface area contributed by atoms with Crippen LogP contribution in [-0.4, -0.2) is 24.3 Å². The van der Waals surface area contributed by atoms with Gasteiger partial charge in [-0.25, -0.2) is 4.79 Å². The van der Waals surface area contributed by atoms with E-state index >= 15 is 0 Å². The second kappa shape index (κ2) is 5.20. The highest BCUT2D eigenvalue weighted by Crippen LogP contribution is 2.37. The minimum Gasteiger partial charge on any atom is -0.480 e. The van der Waals surface area contributed by atoms with Crippen LogP contribution in [0, 0.1) is 6.92 Å². The summed E-state index contributed by atoms with van der Waals surface area (Å²) < 4.78 is 32.0. The summed E-state index contributed by atoms with van der Waals surface area (Å²) >= 11 is 4.10. The number of ether oxygens (including phenoxy) is 1. The van der Waals surface area contributed by atoms with Crippen molar-refractivity contribution in [1.82, 2.24) is 0 Å². The zero-order chi connectivity index (χ0) is 12.3. The van der Waals surface area contributed by atoms with Crippen molar-refractivity contribution in [3.63, 3.8) is 0 Å². The van der Waals surface area contributed by atoms with Crippen LogP contribution in [0.25, 0.3) is 0 Å². The molecule has 0 aromatic carbocycles. The lowest BCUT2D eigenvalue weighted by Gasteiger charge is -2.13. The van der Waals surface area contributed by atoms with Crippen molar-refractivity contribution in [3.8, 4) is 0 Å². The molecule has 1 rings (SSSR count). The van der Waals surface area contributed by atoms with Gasteiger partial charge in [-0.15, -0.1) is 11.3 Å². The molecule has 0 aliphatic carbocycles. The van der Waals surface area contributed by atoms with Crippen LogP contribution in [-0.2, 0) is 15.5 Å². The maximum atomic E-state index is 13.5. The van der Waals surface area contributed by atoms with Crippen LogP contribution in [0.3, 0.4) is 0 Å². The summed E-state index contributed by atoms with van der Waals surface area (Å²) in [6.45, 7) is 0.0687. The van der Waals surface area contributed by atoms with Gasteiger partial charge in [-0.1, -0.05) is 0 Å². The SMILES string of the molecule is Cc1sc(C(F)(F)COCC(=O)O)cc1Br. The maximum Gasteiger partial charge on any atom is 0.329 e. The lowest BCUT2D eigenvalue weighted by atomic mass is 10.3. The Bertz CT molecular complexity index is 373. The van der Waals surface area contributed by atoms with Gasteiger partial charge in [0, 0.05) is 9.35 Å². The standard InChI is InChI=1S/C9H9BrF2O3S/c1-5-6(10)2-7(16-5)9(11,12)4-15-3-8(13)14/h2H,3-4H2,1H3,(H,13,14). The van der Waals surface area contributed by atoms with Crippen molar-refractivity contribution in [3.05, 3.63) is 20.3 Å². The van der Waals surface area contributed by atoms with Crippen LogP contribution < -0.4 is 0 Å². The molecular formula is C9H9BrF2O3S. The van der Waals surface area contributed by atoms with Crippen molar-refractivity contribution in [2.45, 2.75) is 12.8 Å². The van der Waals surface area contributed by atoms with E-state index < -0.39 is 25.1 Å². The number of carbonyl (C=O) groups is 1. The van der Waals surface area contributed by atoms with Crippen LogP contribution in [0.15, 0.2) is 10.5 Å². The average molecular weight is 315 g/mol. The molecule has 16 heavy (non-hydrogen) atoms. The number of thiophene rings is 1. The first kappa shape index (κ1) is 13.5. The lowest BCUT2D eigenvalue weighted by molar-refractivity contribution is -0.147. The van der Waals surface area contributed by atoms with Gasteiger partial charge in [-0.3, -0.25) is 0 Å². The van der Waals surface area contributed by atoms with Crippen LogP contribution in [0.2, 0.25) is 0 Å². The number of rotatable bonds is 5. The average Bonchev–Trinajstić information content (AvgIpc) is 2.46.